The molecule has 0 aliphatic carbocycles. The lowest BCUT2D eigenvalue weighted by molar-refractivity contribution is -0.121. The first-order valence-corrected chi connectivity index (χ1v) is 7.22. The lowest BCUT2D eigenvalue weighted by atomic mass is 10.1. The van der Waals surface area contributed by atoms with Gasteiger partial charge in [0, 0.05) is 13.5 Å². The van der Waals surface area contributed by atoms with Crippen molar-refractivity contribution in [1.29, 1.82) is 0 Å². The predicted octanol–water partition coefficient (Wildman–Crippen LogP) is -0.710. The number of Topliss-reactive ketones (excluding diaryl/α,β-unsaturated/α-hetero) is 1. The summed E-state index contributed by atoms with van der Waals surface area (Å²) >= 11 is 0. The van der Waals surface area contributed by atoms with Crippen LogP contribution in [0.25, 0.3) is 0 Å². The second-order valence-corrected chi connectivity index (χ2v) is 5.32. The van der Waals surface area contributed by atoms with E-state index >= 15 is 0 Å². The third-order valence-corrected chi connectivity index (χ3v) is 3.74. The molecule has 0 radical (unpaired) electrons. The van der Waals surface area contributed by atoms with Crippen molar-refractivity contribution in [3.63, 3.8) is 0 Å². The maximum Gasteiger partial charge on any atom is 0.332 e. The van der Waals surface area contributed by atoms with Crippen LogP contribution in [-0.4, -0.2) is 33.7 Å². The van der Waals surface area contributed by atoms with Crippen LogP contribution in [0.3, 0.4) is 0 Å². The number of nitrogen functional groups attached to an aromatic ring is 1. The highest BCUT2D eigenvalue weighted by atomic mass is 16.5. The van der Waals surface area contributed by atoms with Crippen LogP contribution in [0.4, 0.5) is 5.82 Å². The van der Waals surface area contributed by atoms with Gasteiger partial charge in [-0.3, -0.25) is 18.7 Å². The van der Waals surface area contributed by atoms with Gasteiger partial charge in [0.1, 0.15) is 18.2 Å². The molecule has 8 nitrogen and oxygen atoms in total. The van der Waals surface area contributed by atoms with E-state index in [0.29, 0.717) is 5.75 Å². The number of aromatic nitrogens is 2. The Bertz CT molecular complexity index is 865. The number of methoxy groups -OCH3 is 1. The van der Waals surface area contributed by atoms with Crippen LogP contribution in [0.5, 0.6) is 5.75 Å². The number of aliphatic hydroxyl groups excluding tert-OH is 1. The second-order valence-electron chi connectivity index (χ2n) is 5.32. The van der Waals surface area contributed by atoms with Crippen LogP contribution in [-0.2, 0) is 24.8 Å². The van der Waals surface area contributed by atoms with Gasteiger partial charge in [-0.05, 0) is 17.7 Å². The van der Waals surface area contributed by atoms with Gasteiger partial charge in [0.15, 0.2) is 5.78 Å². The zero-order valence-electron chi connectivity index (χ0n) is 13.5. The van der Waals surface area contributed by atoms with E-state index in [1.165, 1.54) is 7.05 Å². The van der Waals surface area contributed by atoms with Crippen molar-refractivity contribution >= 4 is 11.6 Å². The molecule has 0 aliphatic rings. The smallest absolute Gasteiger partial charge is 0.332 e. The van der Waals surface area contributed by atoms with Crippen molar-refractivity contribution in [2.45, 2.75) is 13.0 Å². The van der Waals surface area contributed by atoms with Gasteiger partial charge in [-0.1, -0.05) is 12.1 Å². The first kappa shape index (κ1) is 17.5. The molecule has 2 rings (SSSR count). The van der Waals surface area contributed by atoms with Gasteiger partial charge < -0.3 is 15.6 Å². The van der Waals surface area contributed by atoms with E-state index < -0.39 is 23.6 Å². The molecule has 2 aromatic rings. The molecule has 0 bridgehead atoms. The van der Waals surface area contributed by atoms with Crippen LogP contribution in [0.1, 0.15) is 11.1 Å². The summed E-state index contributed by atoms with van der Waals surface area (Å²) < 4.78 is 7.19. The number of ether oxygens (including phenoxy) is 1. The van der Waals surface area contributed by atoms with Crippen LogP contribution in [0.15, 0.2) is 33.9 Å². The molecule has 0 spiro atoms. The highest BCUT2D eigenvalue weighted by Crippen LogP contribution is 2.12. The number of hydrogen-bond acceptors (Lipinski definition) is 6. The van der Waals surface area contributed by atoms with Gasteiger partial charge in [-0.15, -0.1) is 0 Å². The molecule has 0 saturated carbocycles. The zero-order chi connectivity index (χ0) is 17.9. The number of carbonyl (C=O) groups is 1. The van der Waals surface area contributed by atoms with Crippen molar-refractivity contribution in [2.24, 2.45) is 7.05 Å². The fourth-order valence-corrected chi connectivity index (χ4v) is 2.32. The Labute approximate surface area is 137 Å². The number of aliphatic hydroxyl groups is 1. The van der Waals surface area contributed by atoms with Crippen molar-refractivity contribution in [2.75, 3.05) is 19.5 Å². The van der Waals surface area contributed by atoms with Crippen LogP contribution < -0.4 is 21.7 Å². The molecule has 0 fully saturated rings. The lowest BCUT2D eigenvalue weighted by Crippen LogP contribution is -2.43. The fourth-order valence-electron chi connectivity index (χ4n) is 2.32. The molecule has 1 aromatic heterocycles. The molecule has 0 aliphatic heterocycles. The normalized spacial score (nSPS) is 10.6. The summed E-state index contributed by atoms with van der Waals surface area (Å²) in [6, 6.07) is 6.91. The molecular formula is C16H19N3O5. The number of anilines is 1. The summed E-state index contributed by atoms with van der Waals surface area (Å²) in [7, 11) is 2.97. The number of hydrogen-bond donors (Lipinski definition) is 2. The quantitative estimate of drug-likeness (QED) is 0.721. The van der Waals surface area contributed by atoms with E-state index in [0.717, 1.165) is 14.7 Å². The second kappa shape index (κ2) is 7.14. The highest BCUT2D eigenvalue weighted by Gasteiger charge is 2.17. The van der Waals surface area contributed by atoms with E-state index in [1.807, 2.05) is 0 Å². The molecule has 0 atom stereocenters. The lowest BCUT2D eigenvalue weighted by Gasteiger charge is -2.13. The van der Waals surface area contributed by atoms with Gasteiger partial charge in [0.25, 0.3) is 5.56 Å². The summed E-state index contributed by atoms with van der Waals surface area (Å²) in [5.41, 5.74) is 5.31. The molecular weight excluding hydrogens is 314 g/mol. The minimum Gasteiger partial charge on any atom is -0.497 e. The third-order valence-electron chi connectivity index (χ3n) is 3.74. The minimum atomic E-state index is -0.694. The summed E-state index contributed by atoms with van der Waals surface area (Å²) in [6.45, 7) is -0.656. The van der Waals surface area contributed by atoms with E-state index in [4.69, 9.17) is 15.6 Å². The van der Waals surface area contributed by atoms with Gasteiger partial charge in [0.2, 0.25) is 0 Å². The monoisotopic (exact) mass is 333 g/mol. The predicted molar refractivity (Wildman–Crippen MR) is 88.2 cm³/mol. The van der Waals surface area contributed by atoms with Crippen LogP contribution in [0.2, 0.25) is 0 Å². The van der Waals surface area contributed by atoms with E-state index in [-0.39, 0.29) is 24.3 Å². The molecule has 3 N–H and O–H groups in total. The molecule has 24 heavy (non-hydrogen) atoms. The number of ketones is 1. The van der Waals surface area contributed by atoms with Gasteiger partial charge in [-0.25, -0.2) is 4.79 Å². The van der Waals surface area contributed by atoms with Crippen molar-refractivity contribution in [3.05, 3.63) is 56.2 Å². The number of carbonyl (C=O) groups excluding carboxylic acids is 1. The first-order chi connectivity index (χ1) is 11.4. The van der Waals surface area contributed by atoms with Gasteiger partial charge in [-0.2, -0.15) is 0 Å². The third kappa shape index (κ3) is 3.38. The number of nitrogens with zero attached hydrogens (tertiary/aromatic N) is 2. The Balaban J connectivity index is 2.50. The number of nitrogens with two attached hydrogens (primary N) is 1. The standard InChI is InChI=1S/C16H19N3O5/c1-18-14(17)13(7-11(21)9-20)15(22)19(16(18)23)8-10-3-5-12(24-2)6-4-10/h3-6,20H,7-9,17H2,1-2H3. The molecule has 1 heterocycles. The molecule has 0 unspecified atom stereocenters. The summed E-state index contributed by atoms with van der Waals surface area (Å²) in [4.78, 5) is 36.4. The molecule has 0 saturated heterocycles. The Hall–Kier alpha value is -2.87. The van der Waals surface area contributed by atoms with E-state index in [1.54, 1.807) is 31.4 Å². The Morgan fingerprint density at radius 3 is 2.42 bits per heavy atom. The van der Waals surface area contributed by atoms with Gasteiger partial charge >= 0.3 is 5.69 Å². The SMILES string of the molecule is COc1ccc(Cn2c(=O)c(CC(=O)CO)c(N)n(C)c2=O)cc1. The summed E-state index contributed by atoms with van der Waals surface area (Å²) in [5, 5.41) is 8.88. The van der Waals surface area contributed by atoms with Crippen LogP contribution in [0, 0.1) is 0 Å². The summed E-state index contributed by atoms with van der Waals surface area (Å²) in [5.74, 6) is 0.0387. The molecule has 8 heteroatoms. The van der Waals surface area contributed by atoms with Crippen molar-refractivity contribution in [3.8, 4) is 5.75 Å². The highest BCUT2D eigenvalue weighted by molar-refractivity contribution is 5.82. The first-order valence-electron chi connectivity index (χ1n) is 7.22. The Morgan fingerprint density at radius 2 is 1.88 bits per heavy atom. The minimum absolute atomic E-state index is 0.00432. The molecule has 0 amide bonds. The molecule has 1 aromatic carbocycles. The average Bonchev–Trinajstić information content (AvgIpc) is 2.61. The van der Waals surface area contributed by atoms with E-state index in [9.17, 15) is 14.4 Å². The number of rotatable bonds is 6. The van der Waals surface area contributed by atoms with Crippen molar-refractivity contribution in [1.82, 2.24) is 9.13 Å². The Kier molecular flexibility index (Phi) is 5.20. The topological polar surface area (TPSA) is 117 Å². The van der Waals surface area contributed by atoms with Crippen LogP contribution >= 0.6 is 0 Å². The molecule has 128 valence electrons. The summed E-state index contributed by atoms with van der Waals surface area (Å²) in [6.07, 6.45) is -0.322. The largest absolute Gasteiger partial charge is 0.497 e. The number of benzene rings is 1. The Morgan fingerprint density at radius 1 is 1.25 bits per heavy atom. The average molecular weight is 333 g/mol. The maximum atomic E-state index is 12.6. The maximum absolute atomic E-state index is 12.6. The van der Waals surface area contributed by atoms with Crippen molar-refractivity contribution < 1.29 is 14.6 Å². The van der Waals surface area contributed by atoms with E-state index in [2.05, 4.69) is 0 Å². The van der Waals surface area contributed by atoms with Gasteiger partial charge in [0.05, 0.1) is 19.2 Å². The fraction of sp³-hybridized carbons (Fsp3) is 0.312. The zero-order valence-corrected chi connectivity index (χ0v) is 13.5.